The molecule has 0 fully saturated rings. The summed E-state index contributed by atoms with van der Waals surface area (Å²) in [5.74, 6) is 1.93. The van der Waals surface area contributed by atoms with E-state index < -0.39 is 0 Å². The van der Waals surface area contributed by atoms with E-state index in [-0.39, 0.29) is 0 Å². The summed E-state index contributed by atoms with van der Waals surface area (Å²) in [4.78, 5) is 0. The molecule has 0 saturated heterocycles. The van der Waals surface area contributed by atoms with Gasteiger partial charge in [-0.1, -0.05) is 20.8 Å². The van der Waals surface area contributed by atoms with Crippen molar-refractivity contribution in [1.82, 2.24) is 0 Å². The molecule has 0 aromatic carbocycles. The number of aryl methyl sites for hydroxylation is 1. The normalized spacial score (nSPS) is 12.0. The smallest absolute Gasteiger partial charge is 0.117 e. The quantitative estimate of drug-likeness (QED) is 0.778. The Balaban J connectivity index is 2.46. The van der Waals surface area contributed by atoms with Crippen LogP contribution in [0.2, 0.25) is 0 Å². The van der Waals surface area contributed by atoms with Crippen LogP contribution in [0.1, 0.15) is 38.7 Å². The second kappa shape index (κ2) is 3.97. The third kappa shape index (κ3) is 3.64. The molecule has 1 rings (SSSR count). The van der Waals surface area contributed by atoms with Gasteiger partial charge < -0.3 is 10.2 Å². The number of furan rings is 1. The van der Waals surface area contributed by atoms with Gasteiger partial charge in [0.1, 0.15) is 11.5 Å². The van der Waals surface area contributed by atoms with Gasteiger partial charge in [-0.05, 0) is 24.0 Å². The van der Waals surface area contributed by atoms with Crippen LogP contribution in [0.4, 0.5) is 0 Å². The Kier molecular flexibility index (Phi) is 3.15. The first-order valence-electron chi connectivity index (χ1n) is 4.79. The van der Waals surface area contributed by atoms with E-state index in [1.54, 1.807) is 0 Å². The summed E-state index contributed by atoms with van der Waals surface area (Å²) in [5, 5.41) is 0. The monoisotopic (exact) mass is 181 g/mol. The second-order valence-corrected chi connectivity index (χ2v) is 4.63. The Morgan fingerprint density at radius 3 is 2.31 bits per heavy atom. The van der Waals surface area contributed by atoms with E-state index in [0.29, 0.717) is 12.0 Å². The Morgan fingerprint density at radius 1 is 1.23 bits per heavy atom. The van der Waals surface area contributed by atoms with Crippen LogP contribution in [0, 0.1) is 5.41 Å². The van der Waals surface area contributed by atoms with Gasteiger partial charge in [0.25, 0.3) is 0 Å². The summed E-state index contributed by atoms with van der Waals surface area (Å²) in [6.07, 6.45) is 2.15. The minimum atomic E-state index is 0.371. The van der Waals surface area contributed by atoms with Crippen LogP contribution in [0.5, 0.6) is 0 Å². The Labute approximate surface area is 80.1 Å². The fraction of sp³-hybridized carbons (Fsp3) is 0.636. The fourth-order valence-electron chi connectivity index (χ4n) is 1.16. The summed E-state index contributed by atoms with van der Waals surface area (Å²) < 4.78 is 5.50. The number of hydrogen-bond donors (Lipinski definition) is 1. The summed E-state index contributed by atoms with van der Waals surface area (Å²) in [6.45, 7) is 7.20. The van der Waals surface area contributed by atoms with Gasteiger partial charge in [-0.3, -0.25) is 0 Å². The molecular weight excluding hydrogens is 162 g/mol. The van der Waals surface area contributed by atoms with Crippen molar-refractivity contribution in [3.63, 3.8) is 0 Å². The zero-order chi connectivity index (χ0) is 9.90. The highest BCUT2D eigenvalue weighted by atomic mass is 16.3. The van der Waals surface area contributed by atoms with Crippen LogP contribution in [-0.4, -0.2) is 0 Å². The van der Waals surface area contributed by atoms with E-state index in [2.05, 4.69) is 20.8 Å². The molecule has 0 unspecified atom stereocenters. The Bertz CT molecular complexity index is 257. The van der Waals surface area contributed by atoms with Crippen LogP contribution in [-0.2, 0) is 13.0 Å². The molecule has 0 amide bonds. The molecule has 2 heteroatoms. The molecule has 0 aliphatic rings. The molecule has 74 valence electrons. The first kappa shape index (κ1) is 10.3. The van der Waals surface area contributed by atoms with Crippen LogP contribution < -0.4 is 5.73 Å². The molecule has 2 N–H and O–H groups in total. The topological polar surface area (TPSA) is 39.2 Å². The highest BCUT2D eigenvalue weighted by molar-refractivity contribution is 5.07. The molecule has 1 aromatic heterocycles. The van der Waals surface area contributed by atoms with Gasteiger partial charge >= 0.3 is 0 Å². The van der Waals surface area contributed by atoms with Crippen LogP contribution >= 0.6 is 0 Å². The first-order valence-corrected chi connectivity index (χ1v) is 4.79. The third-order valence-corrected chi connectivity index (χ3v) is 2.04. The molecule has 1 heterocycles. The molecule has 0 spiro atoms. The van der Waals surface area contributed by atoms with E-state index in [1.165, 1.54) is 0 Å². The number of nitrogens with two attached hydrogens (primary N) is 1. The van der Waals surface area contributed by atoms with Crippen LogP contribution in [0.15, 0.2) is 16.5 Å². The van der Waals surface area contributed by atoms with Crippen LogP contribution in [0.3, 0.4) is 0 Å². The van der Waals surface area contributed by atoms with Crippen molar-refractivity contribution in [2.24, 2.45) is 11.1 Å². The van der Waals surface area contributed by atoms with Crippen molar-refractivity contribution in [3.8, 4) is 0 Å². The Hall–Kier alpha value is -0.760. The van der Waals surface area contributed by atoms with Crippen molar-refractivity contribution < 1.29 is 4.42 Å². The highest BCUT2D eigenvalue weighted by Crippen LogP contribution is 2.22. The summed E-state index contributed by atoms with van der Waals surface area (Å²) in [5.41, 5.74) is 5.82. The second-order valence-electron chi connectivity index (χ2n) is 4.63. The van der Waals surface area contributed by atoms with E-state index in [1.807, 2.05) is 12.1 Å². The molecule has 0 aliphatic heterocycles. The summed E-state index contributed by atoms with van der Waals surface area (Å²) in [7, 11) is 0. The number of rotatable bonds is 3. The minimum absolute atomic E-state index is 0.371. The molecule has 0 saturated carbocycles. The van der Waals surface area contributed by atoms with Crippen molar-refractivity contribution >= 4 is 0 Å². The van der Waals surface area contributed by atoms with E-state index in [0.717, 1.165) is 24.4 Å². The van der Waals surface area contributed by atoms with Gasteiger partial charge in [-0.2, -0.15) is 0 Å². The highest BCUT2D eigenvalue weighted by Gasteiger charge is 2.11. The maximum absolute atomic E-state index is 5.50. The van der Waals surface area contributed by atoms with Gasteiger partial charge in [-0.15, -0.1) is 0 Å². The SMILES string of the molecule is CC(C)(C)CCc1ccc(CN)o1. The molecule has 0 atom stereocenters. The zero-order valence-electron chi connectivity index (χ0n) is 8.76. The summed E-state index contributed by atoms with van der Waals surface area (Å²) in [6, 6.07) is 3.98. The molecule has 13 heavy (non-hydrogen) atoms. The average molecular weight is 181 g/mol. The lowest BCUT2D eigenvalue weighted by Gasteiger charge is -2.16. The summed E-state index contributed by atoms with van der Waals surface area (Å²) >= 11 is 0. The molecule has 1 aromatic rings. The van der Waals surface area contributed by atoms with Gasteiger partial charge in [0.05, 0.1) is 6.54 Å². The fourth-order valence-corrected chi connectivity index (χ4v) is 1.16. The van der Waals surface area contributed by atoms with Gasteiger partial charge in [0.15, 0.2) is 0 Å². The predicted molar refractivity (Wildman–Crippen MR) is 54.4 cm³/mol. The lowest BCUT2D eigenvalue weighted by atomic mass is 9.90. The van der Waals surface area contributed by atoms with Crippen LogP contribution in [0.25, 0.3) is 0 Å². The van der Waals surface area contributed by atoms with Crippen molar-refractivity contribution in [2.75, 3.05) is 0 Å². The molecule has 0 aliphatic carbocycles. The molecule has 0 bridgehead atoms. The largest absolute Gasteiger partial charge is 0.465 e. The predicted octanol–water partition coefficient (Wildman–Crippen LogP) is 2.72. The number of hydrogen-bond acceptors (Lipinski definition) is 2. The first-order chi connectivity index (χ1) is 6.01. The van der Waals surface area contributed by atoms with Gasteiger partial charge in [0, 0.05) is 6.42 Å². The standard InChI is InChI=1S/C11H19NO/c1-11(2,3)7-6-9-4-5-10(8-12)13-9/h4-5H,6-8,12H2,1-3H3. The van der Waals surface area contributed by atoms with Gasteiger partial charge in [-0.25, -0.2) is 0 Å². The average Bonchev–Trinajstić information content (AvgIpc) is 2.47. The lowest BCUT2D eigenvalue weighted by molar-refractivity contribution is 0.355. The Morgan fingerprint density at radius 2 is 1.85 bits per heavy atom. The molecular formula is C11H19NO. The molecule has 2 nitrogen and oxygen atoms in total. The maximum Gasteiger partial charge on any atom is 0.117 e. The van der Waals surface area contributed by atoms with E-state index >= 15 is 0 Å². The zero-order valence-corrected chi connectivity index (χ0v) is 8.76. The van der Waals surface area contributed by atoms with E-state index in [9.17, 15) is 0 Å². The van der Waals surface area contributed by atoms with Crippen molar-refractivity contribution in [2.45, 2.75) is 40.2 Å². The molecule has 0 radical (unpaired) electrons. The van der Waals surface area contributed by atoms with Gasteiger partial charge in [0.2, 0.25) is 0 Å². The maximum atomic E-state index is 5.50. The minimum Gasteiger partial charge on any atom is -0.465 e. The third-order valence-electron chi connectivity index (χ3n) is 2.04. The lowest BCUT2D eigenvalue weighted by Crippen LogP contribution is -2.05. The van der Waals surface area contributed by atoms with E-state index in [4.69, 9.17) is 10.2 Å². The van der Waals surface area contributed by atoms with Crippen molar-refractivity contribution in [3.05, 3.63) is 23.7 Å². The van der Waals surface area contributed by atoms with Crippen molar-refractivity contribution in [1.29, 1.82) is 0 Å².